The highest BCUT2D eigenvalue weighted by atomic mass is 32.1. The Bertz CT molecular complexity index is 614. The van der Waals surface area contributed by atoms with Crippen LogP contribution in [0.15, 0.2) is 24.3 Å². The summed E-state index contributed by atoms with van der Waals surface area (Å²) in [5.41, 5.74) is -0.721. The molecule has 0 aliphatic carbocycles. The van der Waals surface area contributed by atoms with Crippen LogP contribution in [0, 0.1) is 0 Å². The first-order chi connectivity index (χ1) is 8.77. The molecule has 102 valence electrons. The van der Waals surface area contributed by atoms with E-state index < -0.39 is 17.7 Å². The maximum absolute atomic E-state index is 12.6. The van der Waals surface area contributed by atoms with Crippen LogP contribution < -0.4 is 0 Å². The van der Waals surface area contributed by atoms with Crippen LogP contribution in [0.1, 0.15) is 29.1 Å². The van der Waals surface area contributed by atoms with Gasteiger partial charge < -0.3 is 4.74 Å². The quantitative estimate of drug-likeness (QED) is 0.761. The van der Waals surface area contributed by atoms with E-state index >= 15 is 0 Å². The molecular weight excluding hydrogens is 277 g/mol. The van der Waals surface area contributed by atoms with Crippen LogP contribution in [0.5, 0.6) is 0 Å². The molecule has 0 N–H and O–H groups in total. The summed E-state index contributed by atoms with van der Waals surface area (Å²) in [6.07, 6.45) is -4.64. The molecular formula is C13H11F3O2S. The highest BCUT2D eigenvalue weighted by Crippen LogP contribution is 2.34. The standard InChI is InChI=1S/C13H11F3O2S/c1-7(2)18-12(17)11-6-8-5-9(13(14,15)16)3-4-10(8)19-11/h3-7H,1-2H3. The predicted octanol–water partition coefficient (Wildman–Crippen LogP) is 4.49. The predicted molar refractivity (Wildman–Crippen MR) is 67.4 cm³/mol. The van der Waals surface area contributed by atoms with Crippen LogP contribution in [0.2, 0.25) is 0 Å². The molecule has 0 fully saturated rings. The Morgan fingerprint density at radius 2 is 1.95 bits per heavy atom. The van der Waals surface area contributed by atoms with Gasteiger partial charge in [0.1, 0.15) is 4.88 Å². The second-order valence-electron chi connectivity index (χ2n) is 4.32. The lowest BCUT2D eigenvalue weighted by molar-refractivity contribution is -0.137. The van der Waals surface area contributed by atoms with Gasteiger partial charge in [0.15, 0.2) is 0 Å². The maximum atomic E-state index is 12.6. The highest BCUT2D eigenvalue weighted by molar-refractivity contribution is 7.20. The third-order valence-corrected chi connectivity index (χ3v) is 3.48. The molecule has 2 nitrogen and oxygen atoms in total. The van der Waals surface area contributed by atoms with Crippen molar-refractivity contribution in [3.05, 3.63) is 34.7 Å². The molecule has 2 aromatic rings. The van der Waals surface area contributed by atoms with Crippen molar-refractivity contribution in [2.45, 2.75) is 26.1 Å². The first-order valence-corrected chi connectivity index (χ1v) is 6.41. The van der Waals surface area contributed by atoms with Gasteiger partial charge in [-0.3, -0.25) is 0 Å². The van der Waals surface area contributed by atoms with E-state index in [-0.39, 0.29) is 6.10 Å². The number of halogens is 3. The molecule has 0 atom stereocenters. The molecule has 0 unspecified atom stereocenters. The maximum Gasteiger partial charge on any atom is 0.416 e. The molecule has 1 aromatic carbocycles. The molecule has 0 saturated heterocycles. The van der Waals surface area contributed by atoms with Gasteiger partial charge in [0.2, 0.25) is 0 Å². The van der Waals surface area contributed by atoms with Crippen molar-refractivity contribution in [3.8, 4) is 0 Å². The number of hydrogen-bond donors (Lipinski definition) is 0. The van der Waals surface area contributed by atoms with Crippen LogP contribution in [0.3, 0.4) is 0 Å². The number of carbonyl (C=O) groups is 1. The number of carbonyl (C=O) groups excluding carboxylic acids is 1. The summed E-state index contributed by atoms with van der Waals surface area (Å²) in [4.78, 5) is 12.0. The van der Waals surface area contributed by atoms with Crippen molar-refractivity contribution < 1.29 is 22.7 Å². The SMILES string of the molecule is CC(C)OC(=O)c1cc2cc(C(F)(F)F)ccc2s1. The van der Waals surface area contributed by atoms with E-state index in [0.717, 1.165) is 23.5 Å². The Kier molecular flexibility index (Phi) is 3.54. The van der Waals surface area contributed by atoms with E-state index in [1.165, 1.54) is 12.1 Å². The highest BCUT2D eigenvalue weighted by Gasteiger charge is 2.30. The van der Waals surface area contributed by atoms with E-state index in [1.54, 1.807) is 13.8 Å². The summed E-state index contributed by atoms with van der Waals surface area (Å²) in [5, 5.41) is 0.399. The molecule has 0 bridgehead atoms. The van der Waals surface area contributed by atoms with Crippen molar-refractivity contribution in [1.29, 1.82) is 0 Å². The van der Waals surface area contributed by atoms with Gasteiger partial charge in [-0.2, -0.15) is 13.2 Å². The fraction of sp³-hybridized carbons (Fsp3) is 0.308. The van der Waals surface area contributed by atoms with Crippen molar-refractivity contribution in [2.24, 2.45) is 0 Å². The molecule has 2 rings (SSSR count). The van der Waals surface area contributed by atoms with E-state index in [4.69, 9.17) is 4.74 Å². The number of rotatable bonds is 2. The molecule has 0 amide bonds. The minimum atomic E-state index is -4.38. The van der Waals surface area contributed by atoms with Gasteiger partial charge in [0, 0.05) is 4.70 Å². The zero-order chi connectivity index (χ0) is 14.2. The summed E-state index contributed by atoms with van der Waals surface area (Å²) in [7, 11) is 0. The van der Waals surface area contributed by atoms with Gasteiger partial charge >= 0.3 is 12.1 Å². The zero-order valence-corrected chi connectivity index (χ0v) is 11.1. The topological polar surface area (TPSA) is 26.3 Å². The number of thiophene rings is 1. The van der Waals surface area contributed by atoms with Crippen LogP contribution in [0.25, 0.3) is 10.1 Å². The molecule has 0 radical (unpaired) electrons. The van der Waals surface area contributed by atoms with E-state index in [0.29, 0.717) is 15.0 Å². The van der Waals surface area contributed by atoms with E-state index in [2.05, 4.69) is 0 Å². The lowest BCUT2D eigenvalue weighted by Crippen LogP contribution is -2.09. The summed E-state index contributed by atoms with van der Waals surface area (Å²) >= 11 is 1.12. The summed E-state index contributed by atoms with van der Waals surface area (Å²) < 4.78 is 43.3. The minimum Gasteiger partial charge on any atom is -0.459 e. The third-order valence-electron chi connectivity index (χ3n) is 2.39. The summed E-state index contributed by atoms with van der Waals surface area (Å²) in [6, 6.07) is 4.85. The Morgan fingerprint density at radius 1 is 1.26 bits per heavy atom. The van der Waals surface area contributed by atoms with Gasteiger partial charge in [-0.1, -0.05) is 0 Å². The smallest absolute Gasteiger partial charge is 0.416 e. The van der Waals surface area contributed by atoms with Crippen molar-refractivity contribution >= 4 is 27.4 Å². The molecule has 1 aromatic heterocycles. The molecule has 19 heavy (non-hydrogen) atoms. The Balaban J connectivity index is 2.38. The molecule has 6 heteroatoms. The Hall–Kier alpha value is -1.56. The zero-order valence-electron chi connectivity index (χ0n) is 10.2. The number of hydrogen-bond acceptors (Lipinski definition) is 3. The average Bonchev–Trinajstić information content (AvgIpc) is 2.69. The first-order valence-electron chi connectivity index (χ1n) is 5.59. The van der Waals surface area contributed by atoms with Crippen molar-refractivity contribution in [3.63, 3.8) is 0 Å². The van der Waals surface area contributed by atoms with Gasteiger partial charge in [-0.25, -0.2) is 4.79 Å². The van der Waals surface area contributed by atoms with Gasteiger partial charge in [-0.05, 0) is 43.5 Å². The van der Waals surface area contributed by atoms with Gasteiger partial charge in [-0.15, -0.1) is 11.3 Å². The van der Waals surface area contributed by atoms with E-state index in [1.807, 2.05) is 0 Å². The normalized spacial score (nSPS) is 12.1. The number of fused-ring (bicyclic) bond motifs is 1. The third kappa shape index (κ3) is 3.07. The Labute approximate surface area is 111 Å². The van der Waals surface area contributed by atoms with E-state index in [9.17, 15) is 18.0 Å². The molecule has 0 aliphatic heterocycles. The average molecular weight is 288 g/mol. The van der Waals surface area contributed by atoms with Crippen LogP contribution in [-0.2, 0) is 10.9 Å². The number of esters is 1. The first kappa shape index (κ1) is 13.9. The largest absolute Gasteiger partial charge is 0.459 e. The van der Waals surface area contributed by atoms with Crippen molar-refractivity contribution in [2.75, 3.05) is 0 Å². The van der Waals surface area contributed by atoms with Crippen molar-refractivity contribution in [1.82, 2.24) is 0 Å². The lowest BCUT2D eigenvalue weighted by atomic mass is 10.1. The lowest BCUT2D eigenvalue weighted by Gasteiger charge is -2.05. The minimum absolute atomic E-state index is 0.261. The second kappa shape index (κ2) is 4.85. The number of ether oxygens (including phenoxy) is 1. The molecule has 1 heterocycles. The van der Waals surface area contributed by atoms with Crippen LogP contribution >= 0.6 is 11.3 Å². The molecule has 0 aliphatic rings. The summed E-state index contributed by atoms with van der Waals surface area (Å²) in [5.74, 6) is -0.509. The monoisotopic (exact) mass is 288 g/mol. The molecule has 0 saturated carbocycles. The number of benzene rings is 1. The Morgan fingerprint density at radius 3 is 2.53 bits per heavy atom. The van der Waals surface area contributed by atoms with Gasteiger partial charge in [0.05, 0.1) is 11.7 Å². The fourth-order valence-corrected chi connectivity index (χ4v) is 2.52. The molecule has 0 spiro atoms. The fourth-order valence-electron chi connectivity index (χ4n) is 1.59. The van der Waals surface area contributed by atoms with Gasteiger partial charge in [0.25, 0.3) is 0 Å². The summed E-state index contributed by atoms with van der Waals surface area (Å²) in [6.45, 7) is 3.43. The number of alkyl halides is 3. The van der Waals surface area contributed by atoms with Crippen LogP contribution in [-0.4, -0.2) is 12.1 Å². The second-order valence-corrected chi connectivity index (χ2v) is 5.40. The van der Waals surface area contributed by atoms with Crippen LogP contribution in [0.4, 0.5) is 13.2 Å².